The molecule has 0 N–H and O–H groups in total. The number of carbonyl (C=O) groups is 1. The van der Waals surface area contributed by atoms with Gasteiger partial charge in [0, 0.05) is 16.3 Å². The Morgan fingerprint density at radius 2 is 1.75 bits per heavy atom. The van der Waals surface area contributed by atoms with Crippen molar-refractivity contribution in [2.24, 2.45) is 5.92 Å². The Labute approximate surface area is 124 Å². The molecule has 0 spiro atoms. The minimum atomic E-state index is 0.131. The molecule has 3 rings (SSSR count). The van der Waals surface area contributed by atoms with Crippen LogP contribution in [0.25, 0.3) is 11.0 Å². The third kappa shape index (κ3) is 2.90. The normalized spacial score (nSPS) is 17.9. The van der Waals surface area contributed by atoms with E-state index in [1.165, 1.54) is 19.3 Å². The molecule has 0 bridgehead atoms. The quantitative estimate of drug-likeness (QED) is 0.671. The van der Waals surface area contributed by atoms with Crippen molar-refractivity contribution in [1.29, 1.82) is 0 Å². The summed E-state index contributed by atoms with van der Waals surface area (Å²) in [6.07, 6.45) is 8.11. The summed E-state index contributed by atoms with van der Waals surface area (Å²) >= 11 is 5.97. The molecule has 1 aromatic carbocycles. The van der Waals surface area contributed by atoms with Gasteiger partial charge in [-0.05, 0) is 37.1 Å². The van der Waals surface area contributed by atoms with Gasteiger partial charge in [-0.2, -0.15) is 0 Å². The smallest absolute Gasteiger partial charge is 0.201 e. The lowest BCUT2D eigenvalue weighted by Crippen LogP contribution is -2.15. The number of furan rings is 1. The number of hydrogen-bond donors (Lipinski definition) is 0. The van der Waals surface area contributed by atoms with Crippen LogP contribution in [0.5, 0.6) is 0 Å². The maximum absolute atomic E-state index is 12.6. The highest BCUT2D eigenvalue weighted by atomic mass is 35.5. The molecule has 1 aliphatic rings. The van der Waals surface area contributed by atoms with Crippen LogP contribution >= 0.6 is 11.6 Å². The fraction of sp³-hybridized carbons (Fsp3) is 0.471. The molecule has 0 unspecified atom stereocenters. The van der Waals surface area contributed by atoms with E-state index < -0.39 is 0 Å². The second-order valence-electron chi connectivity index (χ2n) is 5.70. The average molecular weight is 291 g/mol. The molecule has 20 heavy (non-hydrogen) atoms. The van der Waals surface area contributed by atoms with Gasteiger partial charge in [0.2, 0.25) is 5.78 Å². The lowest BCUT2D eigenvalue weighted by Gasteiger charge is -2.17. The van der Waals surface area contributed by atoms with Gasteiger partial charge < -0.3 is 4.42 Å². The fourth-order valence-electron chi connectivity index (χ4n) is 3.06. The second-order valence-corrected chi connectivity index (χ2v) is 6.14. The summed E-state index contributed by atoms with van der Waals surface area (Å²) in [6, 6.07) is 7.29. The SMILES string of the molecule is O=C(c1cc2cc(Cl)ccc2o1)C1CCCCCCC1. The van der Waals surface area contributed by atoms with E-state index in [9.17, 15) is 4.79 Å². The van der Waals surface area contributed by atoms with E-state index in [1.54, 1.807) is 6.07 Å². The monoisotopic (exact) mass is 290 g/mol. The summed E-state index contributed by atoms with van der Waals surface area (Å²) in [4.78, 5) is 12.6. The summed E-state index contributed by atoms with van der Waals surface area (Å²) in [6.45, 7) is 0. The summed E-state index contributed by atoms with van der Waals surface area (Å²) < 4.78 is 5.70. The summed E-state index contributed by atoms with van der Waals surface area (Å²) in [5.74, 6) is 0.790. The van der Waals surface area contributed by atoms with Crippen LogP contribution < -0.4 is 0 Å². The number of benzene rings is 1. The fourth-order valence-corrected chi connectivity index (χ4v) is 3.24. The molecule has 2 nitrogen and oxygen atoms in total. The van der Waals surface area contributed by atoms with E-state index in [1.807, 2.05) is 18.2 Å². The van der Waals surface area contributed by atoms with Crippen LogP contribution in [0.4, 0.5) is 0 Å². The minimum Gasteiger partial charge on any atom is -0.453 e. The second kappa shape index (κ2) is 6.01. The number of Topliss-reactive ketones (excluding diaryl/α,β-unsaturated/α-hetero) is 1. The van der Waals surface area contributed by atoms with Crippen molar-refractivity contribution in [2.45, 2.75) is 44.9 Å². The molecule has 2 aromatic rings. The summed E-state index contributed by atoms with van der Waals surface area (Å²) in [5, 5.41) is 1.58. The Morgan fingerprint density at radius 1 is 1.05 bits per heavy atom. The van der Waals surface area contributed by atoms with Crippen LogP contribution in [0.15, 0.2) is 28.7 Å². The van der Waals surface area contributed by atoms with Crippen LogP contribution in [-0.2, 0) is 0 Å². The molecule has 106 valence electrons. The highest BCUT2D eigenvalue weighted by molar-refractivity contribution is 6.31. The van der Waals surface area contributed by atoms with E-state index in [4.69, 9.17) is 16.0 Å². The number of ketones is 1. The lowest BCUT2D eigenvalue weighted by molar-refractivity contribution is 0.0872. The molecular formula is C17H19ClO2. The molecule has 0 amide bonds. The Kier molecular flexibility index (Phi) is 4.11. The zero-order valence-electron chi connectivity index (χ0n) is 11.5. The number of rotatable bonds is 2. The first-order valence-electron chi connectivity index (χ1n) is 7.47. The van der Waals surface area contributed by atoms with Gasteiger partial charge in [-0.25, -0.2) is 0 Å². The third-order valence-electron chi connectivity index (χ3n) is 4.20. The topological polar surface area (TPSA) is 30.2 Å². The molecule has 0 saturated heterocycles. The number of fused-ring (bicyclic) bond motifs is 1. The number of halogens is 1. The first-order chi connectivity index (χ1) is 9.74. The van der Waals surface area contributed by atoms with Crippen LogP contribution in [0.3, 0.4) is 0 Å². The van der Waals surface area contributed by atoms with Gasteiger partial charge in [-0.3, -0.25) is 4.79 Å². The van der Waals surface area contributed by atoms with Crippen molar-refractivity contribution in [3.05, 3.63) is 35.0 Å². The van der Waals surface area contributed by atoms with Crippen molar-refractivity contribution in [2.75, 3.05) is 0 Å². The highest BCUT2D eigenvalue weighted by Crippen LogP contribution is 2.29. The van der Waals surface area contributed by atoms with E-state index in [0.717, 1.165) is 36.7 Å². The van der Waals surface area contributed by atoms with Crippen molar-refractivity contribution < 1.29 is 9.21 Å². The van der Waals surface area contributed by atoms with Crippen molar-refractivity contribution in [1.82, 2.24) is 0 Å². The molecule has 0 aliphatic heterocycles. The molecule has 3 heteroatoms. The number of hydrogen-bond acceptors (Lipinski definition) is 2. The molecule has 1 heterocycles. The predicted molar refractivity (Wildman–Crippen MR) is 81.4 cm³/mol. The zero-order valence-corrected chi connectivity index (χ0v) is 12.3. The first kappa shape index (κ1) is 13.7. The van der Waals surface area contributed by atoms with Crippen molar-refractivity contribution >= 4 is 28.4 Å². The molecule has 1 fully saturated rings. The van der Waals surface area contributed by atoms with Gasteiger partial charge in [0.05, 0.1) is 0 Å². The van der Waals surface area contributed by atoms with Crippen LogP contribution in [0.1, 0.15) is 55.5 Å². The Balaban J connectivity index is 1.83. The van der Waals surface area contributed by atoms with Gasteiger partial charge in [0.25, 0.3) is 0 Å². The van der Waals surface area contributed by atoms with E-state index in [2.05, 4.69) is 0 Å². The van der Waals surface area contributed by atoms with E-state index in [-0.39, 0.29) is 11.7 Å². The van der Waals surface area contributed by atoms with Gasteiger partial charge in [0.1, 0.15) is 5.58 Å². The van der Waals surface area contributed by atoms with E-state index in [0.29, 0.717) is 10.8 Å². The lowest BCUT2D eigenvalue weighted by atomic mass is 9.87. The molecule has 1 aliphatic carbocycles. The Hall–Kier alpha value is -1.28. The maximum Gasteiger partial charge on any atom is 0.201 e. The van der Waals surface area contributed by atoms with E-state index >= 15 is 0 Å². The zero-order chi connectivity index (χ0) is 13.9. The molecular weight excluding hydrogens is 272 g/mol. The molecule has 1 aromatic heterocycles. The van der Waals surface area contributed by atoms with Gasteiger partial charge in [-0.1, -0.05) is 43.7 Å². The minimum absolute atomic E-state index is 0.131. The Bertz CT molecular complexity index is 606. The van der Waals surface area contributed by atoms with Crippen LogP contribution in [0.2, 0.25) is 5.02 Å². The van der Waals surface area contributed by atoms with Gasteiger partial charge >= 0.3 is 0 Å². The first-order valence-corrected chi connectivity index (χ1v) is 7.85. The van der Waals surface area contributed by atoms with Gasteiger partial charge in [0.15, 0.2) is 5.76 Å². The molecule has 0 radical (unpaired) electrons. The predicted octanol–water partition coefficient (Wildman–Crippen LogP) is 5.63. The average Bonchev–Trinajstić information content (AvgIpc) is 2.80. The van der Waals surface area contributed by atoms with Gasteiger partial charge in [-0.15, -0.1) is 0 Å². The largest absolute Gasteiger partial charge is 0.453 e. The maximum atomic E-state index is 12.6. The van der Waals surface area contributed by atoms with Crippen molar-refractivity contribution in [3.8, 4) is 0 Å². The van der Waals surface area contributed by atoms with Crippen LogP contribution in [0, 0.1) is 5.92 Å². The summed E-state index contributed by atoms with van der Waals surface area (Å²) in [7, 11) is 0. The Morgan fingerprint density at radius 3 is 2.50 bits per heavy atom. The summed E-state index contributed by atoms with van der Waals surface area (Å²) in [5.41, 5.74) is 0.739. The van der Waals surface area contributed by atoms with Crippen LogP contribution in [-0.4, -0.2) is 5.78 Å². The molecule has 0 atom stereocenters. The van der Waals surface area contributed by atoms with Crippen molar-refractivity contribution in [3.63, 3.8) is 0 Å². The highest BCUT2D eigenvalue weighted by Gasteiger charge is 2.23. The third-order valence-corrected chi connectivity index (χ3v) is 4.43. The molecule has 1 saturated carbocycles. The standard InChI is InChI=1S/C17H19ClO2/c18-14-8-9-15-13(10-14)11-16(20-15)17(19)12-6-4-2-1-3-5-7-12/h8-12H,1-7H2. The number of carbonyl (C=O) groups excluding carboxylic acids is 1.